The molecular weight excluding hydrogens is 296 g/mol. The van der Waals surface area contributed by atoms with Gasteiger partial charge in [-0.25, -0.2) is 8.78 Å². The maximum absolute atomic E-state index is 14.1. The van der Waals surface area contributed by atoms with Crippen LogP contribution in [0.1, 0.15) is 11.6 Å². The number of guanidine groups is 1. The van der Waals surface area contributed by atoms with E-state index in [0.717, 1.165) is 0 Å². The average molecular weight is 308 g/mol. The van der Waals surface area contributed by atoms with Gasteiger partial charge in [0.2, 0.25) is 0 Å². The maximum Gasteiger partial charge on any atom is 0.196 e. The van der Waals surface area contributed by atoms with Crippen LogP contribution in [0.2, 0.25) is 5.02 Å². The van der Waals surface area contributed by atoms with E-state index in [1.807, 2.05) is 0 Å². The number of halogens is 3. The number of rotatable bonds is 2. The molecule has 0 saturated carbocycles. The lowest BCUT2D eigenvalue weighted by atomic mass is 10.0. The van der Waals surface area contributed by atoms with Crippen molar-refractivity contribution < 1.29 is 8.78 Å². The predicted molar refractivity (Wildman–Crippen MR) is 79.5 cm³/mol. The first-order chi connectivity index (χ1) is 10.1. The monoisotopic (exact) mass is 307 g/mol. The zero-order valence-corrected chi connectivity index (χ0v) is 11.7. The minimum absolute atomic E-state index is 0.227. The van der Waals surface area contributed by atoms with Crippen molar-refractivity contribution in [1.29, 1.82) is 0 Å². The molecule has 2 N–H and O–H groups in total. The highest BCUT2D eigenvalue weighted by Gasteiger charge is 2.31. The first-order valence-corrected chi connectivity index (χ1v) is 6.74. The van der Waals surface area contributed by atoms with E-state index < -0.39 is 17.7 Å². The molecule has 1 unspecified atom stereocenters. The fraction of sp³-hybridized carbons (Fsp3) is 0.133. The second-order valence-corrected chi connectivity index (χ2v) is 5.17. The van der Waals surface area contributed by atoms with Gasteiger partial charge in [-0.2, -0.15) is 0 Å². The van der Waals surface area contributed by atoms with Gasteiger partial charge in [0.25, 0.3) is 0 Å². The first-order valence-electron chi connectivity index (χ1n) is 6.36. The molecule has 1 aliphatic rings. The molecule has 1 atom stereocenters. The van der Waals surface area contributed by atoms with Crippen LogP contribution < -0.4 is 10.6 Å². The molecule has 0 fully saturated rings. The van der Waals surface area contributed by atoms with Crippen molar-refractivity contribution in [3.05, 3.63) is 64.7 Å². The summed E-state index contributed by atoms with van der Waals surface area (Å²) >= 11 is 5.94. The van der Waals surface area contributed by atoms with Crippen LogP contribution in [0.25, 0.3) is 0 Å². The van der Waals surface area contributed by atoms with E-state index >= 15 is 0 Å². The first kappa shape index (κ1) is 13.8. The Bertz CT molecular complexity index is 718. The molecule has 0 spiro atoms. The van der Waals surface area contributed by atoms with E-state index in [1.165, 1.54) is 24.3 Å². The predicted octanol–water partition coefficient (Wildman–Crippen LogP) is 3.49. The second-order valence-electron chi connectivity index (χ2n) is 4.73. The van der Waals surface area contributed by atoms with Crippen LogP contribution in [-0.4, -0.2) is 12.5 Å². The third-order valence-corrected chi connectivity index (χ3v) is 3.62. The molecule has 0 radical (unpaired) electrons. The highest BCUT2D eigenvalue weighted by Crippen LogP contribution is 2.33. The molecule has 0 saturated heterocycles. The van der Waals surface area contributed by atoms with Gasteiger partial charge in [0.1, 0.15) is 11.6 Å². The molecule has 6 heteroatoms. The normalized spacial score (nSPS) is 18.0. The summed E-state index contributed by atoms with van der Waals surface area (Å²) in [6.45, 7) is 0.291. The Morgan fingerprint density at radius 2 is 2.00 bits per heavy atom. The Kier molecular flexibility index (Phi) is 3.51. The van der Waals surface area contributed by atoms with E-state index in [9.17, 15) is 8.78 Å². The van der Waals surface area contributed by atoms with E-state index in [-0.39, 0.29) is 5.96 Å². The minimum Gasteiger partial charge on any atom is -0.369 e. The van der Waals surface area contributed by atoms with Gasteiger partial charge in [-0.3, -0.25) is 4.99 Å². The van der Waals surface area contributed by atoms with E-state index in [1.54, 1.807) is 23.1 Å². The topological polar surface area (TPSA) is 41.6 Å². The summed E-state index contributed by atoms with van der Waals surface area (Å²) in [6, 6.07) is 9.83. The van der Waals surface area contributed by atoms with Gasteiger partial charge in [0, 0.05) is 16.3 Å². The Morgan fingerprint density at radius 3 is 2.76 bits per heavy atom. The van der Waals surface area contributed by atoms with E-state index in [2.05, 4.69) is 4.99 Å². The minimum atomic E-state index is -0.439. The van der Waals surface area contributed by atoms with Gasteiger partial charge in [-0.15, -0.1) is 0 Å². The Balaban J connectivity index is 2.05. The fourth-order valence-electron chi connectivity index (χ4n) is 2.44. The van der Waals surface area contributed by atoms with Crippen molar-refractivity contribution in [1.82, 2.24) is 0 Å². The zero-order chi connectivity index (χ0) is 15.0. The summed E-state index contributed by atoms with van der Waals surface area (Å²) in [7, 11) is 0. The number of aliphatic imine (C=N–C) groups is 1. The number of benzene rings is 2. The van der Waals surface area contributed by atoms with Gasteiger partial charge in [-0.05, 0) is 36.4 Å². The molecule has 108 valence electrons. The SMILES string of the molecule is NC1=NCC(c2cc(Cl)ccc2F)N1c1cccc(F)c1. The molecule has 3 rings (SSSR count). The van der Waals surface area contributed by atoms with Crippen molar-refractivity contribution in [3.63, 3.8) is 0 Å². The summed E-state index contributed by atoms with van der Waals surface area (Å²) in [4.78, 5) is 5.75. The lowest BCUT2D eigenvalue weighted by molar-refractivity contribution is 0.589. The van der Waals surface area contributed by atoms with Crippen LogP contribution in [-0.2, 0) is 0 Å². The summed E-state index contributed by atoms with van der Waals surface area (Å²) < 4.78 is 27.5. The number of anilines is 1. The third kappa shape index (κ3) is 2.56. The molecule has 2 aromatic rings. The lowest BCUT2D eigenvalue weighted by Crippen LogP contribution is -2.36. The summed E-state index contributed by atoms with van der Waals surface area (Å²) in [6.07, 6.45) is 0. The summed E-state index contributed by atoms with van der Waals surface area (Å²) in [5.41, 5.74) is 6.79. The molecule has 0 bridgehead atoms. The van der Waals surface area contributed by atoms with Crippen LogP contribution in [0.5, 0.6) is 0 Å². The largest absolute Gasteiger partial charge is 0.369 e. The van der Waals surface area contributed by atoms with Gasteiger partial charge >= 0.3 is 0 Å². The van der Waals surface area contributed by atoms with Gasteiger partial charge in [0.15, 0.2) is 5.96 Å². The van der Waals surface area contributed by atoms with Crippen molar-refractivity contribution >= 4 is 23.2 Å². The van der Waals surface area contributed by atoms with Crippen LogP contribution in [0.3, 0.4) is 0 Å². The summed E-state index contributed by atoms with van der Waals surface area (Å²) in [5, 5.41) is 0.427. The zero-order valence-electron chi connectivity index (χ0n) is 10.9. The highest BCUT2D eigenvalue weighted by atomic mass is 35.5. The quantitative estimate of drug-likeness (QED) is 0.922. The Labute approximate surface area is 125 Å². The van der Waals surface area contributed by atoms with Crippen molar-refractivity contribution in [3.8, 4) is 0 Å². The molecule has 2 aromatic carbocycles. The molecule has 21 heavy (non-hydrogen) atoms. The fourth-order valence-corrected chi connectivity index (χ4v) is 2.62. The van der Waals surface area contributed by atoms with Crippen LogP contribution in [0, 0.1) is 11.6 Å². The van der Waals surface area contributed by atoms with E-state index in [0.29, 0.717) is 22.8 Å². The number of hydrogen-bond donors (Lipinski definition) is 1. The Hall–Kier alpha value is -2.14. The van der Waals surface area contributed by atoms with Crippen LogP contribution >= 0.6 is 11.6 Å². The van der Waals surface area contributed by atoms with Crippen LogP contribution in [0.15, 0.2) is 47.5 Å². The number of hydrogen-bond acceptors (Lipinski definition) is 3. The van der Waals surface area contributed by atoms with Gasteiger partial charge in [0.05, 0.1) is 12.6 Å². The molecule has 1 aliphatic heterocycles. The standard InChI is InChI=1S/C15H12ClF2N3/c16-9-4-5-13(18)12(6-9)14-8-20-15(19)21(14)11-3-1-2-10(17)7-11/h1-7,14H,8H2,(H2,19,20). The second kappa shape index (κ2) is 5.33. The smallest absolute Gasteiger partial charge is 0.196 e. The van der Waals surface area contributed by atoms with Gasteiger partial charge < -0.3 is 10.6 Å². The van der Waals surface area contributed by atoms with Crippen molar-refractivity contribution in [2.75, 3.05) is 11.4 Å². The van der Waals surface area contributed by atoms with Crippen LogP contribution in [0.4, 0.5) is 14.5 Å². The summed E-state index contributed by atoms with van der Waals surface area (Å²) in [5.74, 6) is -0.557. The molecule has 0 aromatic heterocycles. The molecular formula is C15H12ClF2N3. The number of nitrogens with two attached hydrogens (primary N) is 1. The third-order valence-electron chi connectivity index (χ3n) is 3.39. The molecule has 0 amide bonds. The highest BCUT2D eigenvalue weighted by molar-refractivity contribution is 6.30. The average Bonchev–Trinajstić information content (AvgIpc) is 2.83. The molecule has 1 heterocycles. The van der Waals surface area contributed by atoms with Crippen molar-refractivity contribution in [2.45, 2.75) is 6.04 Å². The lowest BCUT2D eigenvalue weighted by Gasteiger charge is -2.27. The Morgan fingerprint density at radius 1 is 1.19 bits per heavy atom. The molecule has 3 nitrogen and oxygen atoms in total. The molecule has 0 aliphatic carbocycles. The van der Waals surface area contributed by atoms with Crippen molar-refractivity contribution in [2.24, 2.45) is 10.7 Å². The number of nitrogens with zero attached hydrogens (tertiary/aromatic N) is 2. The maximum atomic E-state index is 14.1. The van der Waals surface area contributed by atoms with E-state index in [4.69, 9.17) is 17.3 Å². The van der Waals surface area contributed by atoms with Gasteiger partial charge in [-0.1, -0.05) is 17.7 Å².